The first-order chi connectivity index (χ1) is 6.27. The summed E-state index contributed by atoms with van der Waals surface area (Å²) in [4.78, 5) is 12.9. The number of hydrogen-bond donors (Lipinski definition) is 1. The molecule has 0 aromatic heterocycles. The van der Waals surface area contributed by atoms with E-state index in [4.69, 9.17) is 9.84 Å². The molecule has 0 radical (unpaired) electrons. The summed E-state index contributed by atoms with van der Waals surface area (Å²) >= 11 is 0. The normalized spacial score (nSPS) is 35.4. The summed E-state index contributed by atoms with van der Waals surface area (Å²) in [7, 11) is 0. The third kappa shape index (κ3) is 1.84. The van der Waals surface area contributed by atoms with Gasteiger partial charge in [-0.1, -0.05) is 0 Å². The Labute approximate surface area is 77.5 Å². The fourth-order valence-corrected chi connectivity index (χ4v) is 2.03. The highest BCUT2D eigenvalue weighted by atomic mass is 16.5. The van der Waals surface area contributed by atoms with Crippen LogP contribution in [0.4, 0.5) is 0 Å². The van der Waals surface area contributed by atoms with E-state index in [1.54, 1.807) is 0 Å². The zero-order valence-corrected chi connectivity index (χ0v) is 7.61. The van der Waals surface area contributed by atoms with Crippen molar-refractivity contribution >= 4 is 5.97 Å². The van der Waals surface area contributed by atoms with Crippen LogP contribution in [0.3, 0.4) is 0 Å². The van der Waals surface area contributed by atoms with Gasteiger partial charge in [0, 0.05) is 19.1 Å². The quantitative estimate of drug-likeness (QED) is 0.667. The molecule has 0 unspecified atom stereocenters. The highest BCUT2D eigenvalue weighted by Crippen LogP contribution is 2.32. The van der Waals surface area contributed by atoms with Crippen molar-refractivity contribution < 1.29 is 14.6 Å². The fourth-order valence-electron chi connectivity index (χ4n) is 2.03. The zero-order chi connectivity index (χ0) is 9.26. The van der Waals surface area contributed by atoms with Crippen LogP contribution in [0.1, 0.15) is 12.8 Å². The predicted octanol–water partition coefficient (Wildman–Crippen LogP) is 0.182. The van der Waals surface area contributed by atoms with Gasteiger partial charge in [0.15, 0.2) is 0 Å². The van der Waals surface area contributed by atoms with E-state index in [0.29, 0.717) is 6.04 Å². The molecule has 0 atom stereocenters. The first-order valence-electron chi connectivity index (χ1n) is 4.82. The molecule has 0 bridgehead atoms. The summed E-state index contributed by atoms with van der Waals surface area (Å²) in [5.74, 6) is -0.725. The van der Waals surface area contributed by atoms with Gasteiger partial charge < -0.3 is 9.84 Å². The van der Waals surface area contributed by atoms with Crippen LogP contribution in [0.25, 0.3) is 0 Å². The average Bonchev–Trinajstić information content (AvgIpc) is 2.02. The van der Waals surface area contributed by atoms with Gasteiger partial charge in [-0.2, -0.15) is 0 Å². The molecular formula is C9H15NO3. The maximum Gasteiger partial charge on any atom is 0.306 e. The smallest absolute Gasteiger partial charge is 0.306 e. The second-order valence-corrected chi connectivity index (χ2v) is 3.81. The van der Waals surface area contributed by atoms with Crippen LogP contribution >= 0.6 is 0 Å². The van der Waals surface area contributed by atoms with Crippen LogP contribution in [0.15, 0.2) is 0 Å². The number of carboxylic acid groups (broad SMARTS) is 1. The highest BCUT2D eigenvalue weighted by molar-refractivity contribution is 5.71. The number of carbonyl (C=O) groups is 1. The number of carboxylic acids is 1. The van der Waals surface area contributed by atoms with Gasteiger partial charge in [0.2, 0.25) is 0 Å². The van der Waals surface area contributed by atoms with Crippen molar-refractivity contribution in [3.63, 3.8) is 0 Å². The molecule has 0 aromatic carbocycles. The Bertz CT molecular complexity index is 195. The zero-order valence-electron chi connectivity index (χ0n) is 7.61. The van der Waals surface area contributed by atoms with E-state index in [1.807, 2.05) is 0 Å². The third-order valence-electron chi connectivity index (χ3n) is 3.02. The van der Waals surface area contributed by atoms with E-state index >= 15 is 0 Å². The molecule has 2 fully saturated rings. The Morgan fingerprint density at radius 3 is 2.46 bits per heavy atom. The molecule has 74 valence electrons. The van der Waals surface area contributed by atoms with Gasteiger partial charge in [0.25, 0.3) is 0 Å². The average molecular weight is 185 g/mol. The van der Waals surface area contributed by atoms with Crippen molar-refractivity contribution in [2.75, 3.05) is 26.3 Å². The summed E-state index contributed by atoms with van der Waals surface area (Å²) < 4.78 is 5.23. The van der Waals surface area contributed by atoms with E-state index in [2.05, 4.69) is 4.90 Å². The summed E-state index contributed by atoms with van der Waals surface area (Å²) in [6.45, 7) is 3.54. The predicted molar refractivity (Wildman–Crippen MR) is 46.5 cm³/mol. The molecule has 0 aromatic rings. The van der Waals surface area contributed by atoms with Crippen molar-refractivity contribution in [3.05, 3.63) is 0 Å². The topological polar surface area (TPSA) is 49.8 Å². The molecule has 4 heteroatoms. The molecule has 0 spiro atoms. The lowest BCUT2D eigenvalue weighted by atomic mass is 9.79. The maximum atomic E-state index is 10.6. The number of rotatable bonds is 2. The van der Waals surface area contributed by atoms with E-state index in [1.165, 1.54) is 0 Å². The lowest BCUT2D eigenvalue weighted by molar-refractivity contribution is -0.147. The SMILES string of the molecule is O=C(O)C1CC(N2CCOCC2)C1. The first kappa shape index (κ1) is 8.97. The molecule has 2 rings (SSSR count). The van der Waals surface area contributed by atoms with Crippen LogP contribution < -0.4 is 0 Å². The second-order valence-electron chi connectivity index (χ2n) is 3.81. The Balaban J connectivity index is 1.75. The number of morpholine rings is 1. The molecule has 13 heavy (non-hydrogen) atoms. The molecule has 1 aliphatic carbocycles. The van der Waals surface area contributed by atoms with Crippen LogP contribution in [-0.4, -0.2) is 48.3 Å². The Hall–Kier alpha value is -0.610. The number of hydrogen-bond acceptors (Lipinski definition) is 3. The van der Waals surface area contributed by atoms with Gasteiger partial charge in [-0.25, -0.2) is 0 Å². The van der Waals surface area contributed by atoms with E-state index in [9.17, 15) is 4.79 Å². The maximum absolute atomic E-state index is 10.6. The van der Waals surface area contributed by atoms with Gasteiger partial charge in [-0.15, -0.1) is 0 Å². The molecule has 1 heterocycles. The summed E-state index contributed by atoms with van der Waals surface area (Å²) in [6, 6.07) is 0.505. The summed E-state index contributed by atoms with van der Waals surface area (Å²) in [5.41, 5.74) is 0. The standard InChI is InChI=1S/C9H15NO3/c11-9(12)7-5-8(6-7)10-1-3-13-4-2-10/h7-8H,1-6H2,(H,11,12). The minimum absolute atomic E-state index is 0.0900. The van der Waals surface area contributed by atoms with Crippen molar-refractivity contribution in [1.82, 2.24) is 4.90 Å². The fraction of sp³-hybridized carbons (Fsp3) is 0.889. The molecule has 1 aliphatic heterocycles. The van der Waals surface area contributed by atoms with Gasteiger partial charge in [0.05, 0.1) is 19.1 Å². The molecule has 0 amide bonds. The number of ether oxygens (including phenoxy) is 1. The van der Waals surface area contributed by atoms with Crippen molar-refractivity contribution in [3.8, 4) is 0 Å². The highest BCUT2D eigenvalue weighted by Gasteiger charge is 2.38. The molecule has 2 aliphatic rings. The van der Waals surface area contributed by atoms with Gasteiger partial charge in [-0.05, 0) is 12.8 Å². The second kappa shape index (κ2) is 3.64. The van der Waals surface area contributed by atoms with E-state index < -0.39 is 5.97 Å². The monoisotopic (exact) mass is 185 g/mol. The minimum atomic E-state index is -0.635. The molecule has 1 N–H and O–H groups in total. The Kier molecular flexibility index (Phi) is 2.51. The van der Waals surface area contributed by atoms with Crippen LogP contribution in [0.5, 0.6) is 0 Å². The largest absolute Gasteiger partial charge is 0.481 e. The summed E-state index contributed by atoms with van der Waals surface area (Å²) in [6.07, 6.45) is 1.66. The van der Waals surface area contributed by atoms with E-state index in [-0.39, 0.29) is 5.92 Å². The van der Waals surface area contributed by atoms with Crippen molar-refractivity contribution in [1.29, 1.82) is 0 Å². The van der Waals surface area contributed by atoms with Gasteiger partial charge in [-0.3, -0.25) is 9.69 Å². The van der Waals surface area contributed by atoms with Gasteiger partial charge in [0.1, 0.15) is 0 Å². The Morgan fingerprint density at radius 2 is 1.92 bits per heavy atom. The molecule has 1 saturated carbocycles. The van der Waals surface area contributed by atoms with Crippen LogP contribution in [0.2, 0.25) is 0 Å². The third-order valence-corrected chi connectivity index (χ3v) is 3.02. The molecular weight excluding hydrogens is 170 g/mol. The van der Waals surface area contributed by atoms with E-state index in [0.717, 1.165) is 39.1 Å². The summed E-state index contributed by atoms with van der Waals surface area (Å²) in [5, 5.41) is 8.71. The number of nitrogens with zero attached hydrogens (tertiary/aromatic N) is 1. The van der Waals surface area contributed by atoms with Crippen LogP contribution in [-0.2, 0) is 9.53 Å². The van der Waals surface area contributed by atoms with Crippen molar-refractivity contribution in [2.24, 2.45) is 5.92 Å². The van der Waals surface area contributed by atoms with Crippen molar-refractivity contribution in [2.45, 2.75) is 18.9 Å². The molecule has 4 nitrogen and oxygen atoms in total. The number of aliphatic carboxylic acids is 1. The molecule has 1 saturated heterocycles. The lowest BCUT2D eigenvalue weighted by Crippen LogP contribution is -2.51. The minimum Gasteiger partial charge on any atom is -0.481 e. The van der Waals surface area contributed by atoms with Gasteiger partial charge >= 0.3 is 5.97 Å². The van der Waals surface area contributed by atoms with Crippen LogP contribution in [0, 0.1) is 5.92 Å². The first-order valence-corrected chi connectivity index (χ1v) is 4.82. The lowest BCUT2D eigenvalue weighted by Gasteiger charge is -2.42. The Morgan fingerprint density at radius 1 is 1.31 bits per heavy atom.